The number of fused-ring (bicyclic) bond motifs is 1. The second-order valence-electron chi connectivity index (χ2n) is 4.86. The Balaban J connectivity index is 2.43. The molecule has 4 nitrogen and oxygen atoms in total. The minimum absolute atomic E-state index is 0.350. The molecule has 0 atom stereocenters. The fourth-order valence-electron chi connectivity index (χ4n) is 1.46. The van der Waals surface area contributed by atoms with Crippen LogP contribution in [0.2, 0.25) is 0 Å². The van der Waals surface area contributed by atoms with Crippen LogP contribution in [-0.4, -0.2) is 16.6 Å². The van der Waals surface area contributed by atoms with Crippen LogP contribution in [-0.2, 0) is 4.74 Å². The standard InChI is InChI=1S/C12H13BrN2O2S/c1-12(2,3)17-10(16)6-4-7(13)9-8(5-6)18-11(14)15-9/h4-5H,1-3H3,(H2,14,15). The first-order valence-electron chi connectivity index (χ1n) is 5.35. The number of halogens is 1. The molecular formula is C12H13BrN2O2S. The maximum atomic E-state index is 12.0. The van der Waals surface area contributed by atoms with Gasteiger partial charge in [-0.15, -0.1) is 0 Å². The predicted octanol–water partition coefficient (Wildman–Crippen LogP) is 3.60. The van der Waals surface area contributed by atoms with Gasteiger partial charge in [0.25, 0.3) is 0 Å². The van der Waals surface area contributed by atoms with Crippen molar-refractivity contribution in [3.8, 4) is 0 Å². The van der Waals surface area contributed by atoms with Crippen molar-refractivity contribution >= 4 is 48.6 Å². The van der Waals surface area contributed by atoms with E-state index in [1.807, 2.05) is 20.8 Å². The number of nitrogens with two attached hydrogens (primary N) is 1. The Bertz CT molecular complexity index is 616. The fourth-order valence-corrected chi connectivity index (χ4v) is 2.94. The highest BCUT2D eigenvalue weighted by molar-refractivity contribution is 9.10. The summed E-state index contributed by atoms with van der Waals surface area (Å²) in [5.41, 5.74) is 6.41. The van der Waals surface area contributed by atoms with Gasteiger partial charge in [-0.2, -0.15) is 0 Å². The molecule has 2 rings (SSSR count). The number of nitrogen functional groups attached to an aromatic ring is 1. The van der Waals surface area contributed by atoms with Crippen molar-refractivity contribution in [2.75, 3.05) is 5.73 Å². The summed E-state index contributed by atoms with van der Waals surface area (Å²) in [5, 5.41) is 0.479. The predicted molar refractivity (Wildman–Crippen MR) is 76.9 cm³/mol. The quantitative estimate of drug-likeness (QED) is 0.812. The lowest BCUT2D eigenvalue weighted by atomic mass is 10.1. The fraction of sp³-hybridized carbons (Fsp3) is 0.333. The number of benzene rings is 1. The molecule has 2 N–H and O–H groups in total. The van der Waals surface area contributed by atoms with Gasteiger partial charge in [0.05, 0.1) is 15.8 Å². The smallest absolute Gasteiger partial charge is 0.338 e. The molecule has 0 amide bonds. The van der Waals surface area contributed by atoms with Crippen LogP contribution >= 0.6 is 27.3 Å². The Labute approximate surface area is 117 Å². The molecule has 0 bridgehead atoms. The van der Waals surface area contributed by atoms with E-state index in [-0.39, 0.29) is 5.97 Å². The molecule has 0 saturated carbocycles. The maximum absolute atomic E-state index is 12.0. The van der Waals surface area contributed by atoms with Crippen LogP contribution in [0.3, 0.4) is 0 Å². The Morgan fingerprint density at radius 1 is 1.44 bits per heavy atom. The molecule has 0 radical (unpaired) electrons. The Morgan fingerprint density at radius 3 is 2.72 bits per heavy atom. The number of aromatic nitrogens is 1. The van der Waals surface area contributed by atoms with E-state index in [0.717, 1.165) is 14.7 Å². The lowest BCUT2D eigenvalue weighted by molar-refractivity contribution is 0.00697. The monoisotopic (exact) mass is 328 g/mol. The molecule has 0 saturated heterocycles. The van der Waals surface area contributed by atoms with E-state index >= 15 is 0 Å². The van der Waals surface area contributed by atoms with E-state index in [0.29, 0.717) is 10.7 Å². The third kappa shape index (κ3) is 2.81. The average Bonchev–Trinajstić information content (AvgIpc) is 2.56. The molecule has 1 heterocycles. The number of carbonyl (C=O) groups excluding carboxylic acids is 1. The molecule has 0 fully saturated rings. The van der Waals surface area contributed by atoms with Gasteiger partial charge in [0.1, 0.15) is 5.60 Å². The molecule has 18 heavy (non-hydrogen) atoms. The first-order valence-corrected chi connectivity index (χ1v) is 6.96. The van der Waals surface area contributed by atoms with Crippen LogP contribution in [0, 0.1) is 0 Å². The molecule has 0 spiro atoms. The van der Waals surface area contributed by atoms with Crippen LogP contribution in [0.25, 0.3) is 10.2 Å². The molecule has 1 aromatic carbocycles. The van der Waals surface area contributed by atoms with E-state index in [9.17, 15) is 4.79 Å². The summed E-state index contributed by atoms with van der Waals surface area (Å²) >= 11 is 4.73. The van der Waals surface area contributed by atoms with E-state index < -0.39 is 5.60 Å². The molecule has 0 aliphatic carbocycles. The van der Waals surface area contributed by atoms with Crippen LogP contribution in [0.1, 0.15) is 31.1 Å². The van der Waals surface area contributed by atoms with Gasteiger partial charge in [0.15, 0.2) is 5.13 Å². The Hall–Kier alpha value is -1.14. The lowest BCUT2D eigenvalue weighted by Crippen LogP contribution is -2.23. The van der Waals surface area contributed by atoms with E-state index in [1.165, 1.54) is 11.3 Å². The summed E-state index contributed by atoms with van der Waals surface area (Å²) in [6, 6.07) is 3.46. The zero-order chi connectivity index (χ0) is 13.5. The topological polar surface area (TPSA) is 65.2 Å². The minimum atomic E-state index is -0.509. The minimum Gasteiger partial charge on any atom is -0.456 e. The zero-order valence-electron chi connectivity index (χ0n) is 10.3. The Morgan fingerprint density at radius 2 is 2.11 bits per heavy atom. The highest BCUT2D eigenvalue weighted by atomic mass is 79.9. The van der Waals surface area contributed by atoms with Gasteiger partial charge in [-0.25, -0.2) is 9.78 Å². The van der Waals surface area contributed by atoms with Gasteiger partial charge in [-0.1, -0.05) is 11.3 Å². The van der Waals surface area contributed by atoms with E-state index in [1.54, 1.807) is 12.1 Å². The number of hydrogen-bond acceptors (Lipinski definition) is 5. The zero-order valence-corrected chi connectivity index (χ0v) is 12.7. The van der Waals surface area contributed by atoms with Crippen LogP contribution in [0.15, 0.2) is 16.6 Å². The van der Waals surface area contributed by atoms with Crippen molar-refractivity contribution in [1.29, 1.82) is 0 Å². The summed E-state index contributed by atoms with van der Waals surface area (Å²) < 4.78 is 6.94. The van der Waals surface area contributed by atoms with Crippen molar-refractivity contribution in [2.24, 2.45) is 0 Å². The number of anilines is 1. The highest BCUT2D eigenvalue weighted by Gasteiger charge is 2.19. The maximum Gasteiger partial charge on any atom is 0.338 e. The number of rotatable bonds is 1. The third-order valence-corrected chi connectivity index (χ3v) is 3.54. The summed E-state index contributed by atoms with van der Waals surface area (Å²) in [5.74, 6) is -0.350. The number of ether oxygens (including phenoxy) is 1. The molecule has 0 aliphatic rings. The van der Waals surface area contributed by atoms with Crippen LogP contribution in [0.4, 0.5) is 5.13 Å². The third-order valence-electron chi connectivity index (χ3n) is 2.10. The molecule has 0 unspecified atom stereocenters. The van der Waals surface area contributed by atoms with Crippen molar-refractivity contribution in [2.45, 2.75) is 26.4 Å². The summed E-state index contributed by atoms with van der Waals surface area (Å²) in [4.78, 5) is 16.2. The van der Waals surface area contributed by atoms with Crippen molar-refractivity contribution in [3.63, 3.8) is 0 Å². The number of carbonyl (C=O) groups is 1. The number of nitrogens with zero attached hydrogens (tertiary/aromatic N) is 1. The second kappa shape index (κ2) is 4.51. The van der Waals surface area contributed by atoms with Gasteiger partial charge in [-0.3, -0.25) is 0 Å². The first kappa shape index (κ1) is 13.3. The number of thiazole rings is 1. The molecule has 2 aromatic rings. The SMILES string of the molecule is CC(C)(C)OC(=O)c1cc(Br)c2nc(N)sc2c1. The van der Waals surface area contributed by atoms with Crippen LogP contribution < -0.4 is 5.73 Å². The van der Waals surface area contributed by atoms with E-state index in [2.05, 4.69) is 20.9 Å². The summed E-state index contributed by atoms with van der Waals surface area (Å²) in [6.45, 7) is 5.51. The lowest BCUT2D eigenvalue weighted by Gasteiger charge is -2.19. The van der Waals surface area contributed by atoms with Crippen molar-refractivity contribution in [1.82, 2.24) is 4.98 Å². The number of esters is 1. The molecule has 1 aromatic heterocycles. The van der Waals surface area contributed by atoms with E-state index in [4.69, 9.17) is 10.5 Å². The van der Waals surface area contributed by atoms with Gasteiger partial charge in [0, 0.05) is 4.47 Å². The molecule has 96 valence electrons. The van der Waals surface area contributed by atoms with Gasteiger partial charge >= 0.3 is 5.97 Å². The van der Waals surface area contributed by atoms with Crippen molar-refractivity contribution in [3.05, 3.63) is 22.2 Å². The summed E-state index contributed by atoms with van der Waals surface area (Å²) in [6.07, 6.45) is 0. The van der Waals surface area contributed by atoms with Crippen molar-refractivity contribution < 1.29 is 9.53 Å². The average molecular weight is 329 g/mol. The second-order valence-corrected chi connectivity index (χ2v) is 6.78. The van der Waals surface area contributed by atoms with Crippen LogP contribution in [0.5, 0.6) is 0 Å². The first-order chi connectivity index (χ1) is 8.26. The summed E-state index contributed by atoms with van der Waals surface area (Å²) in [7, 11) is 0. The van der Waals surface area contributed by atoms with Gasteiger partial charge in [-0.05, 0) is 48.8 Å². The molecular weight excluding hydrogens is 316 g/mol. The molecule has 6 heteroatoms. The largest absolute Gasteiger partial charge is 0.456 e. The normalized spacial score (nSPS) is 11.8. The van der Waals surface area contributed by atoms with Gasteiger partial charge < -0.3 is 10.5 Å². The van der Waals surface area contributed by atoms with Gasteiger partial charge in [0.2, 0.25) is 0 Å². The Kier molecular flexibility index (Phi) is 3.33. The highest BCUT2D eigenvalue weighted by Crippen LogP contribution is 2.31. The number of hydrogen-bond donors (Lipinski definition) is 1. The molecule has 0 aliphatic heterocycles.